The lowest BCUT2D eigenvalue weighted by atomic mass is 10.1. The molecule has 124 valence electrons. The molecular formula is C14H18N4O4S. The van der Waals surface area contributed by atoms with Crippen LogP contribution >= 0.6 is 0 Å². The monoisotopic (exact) mass is 338 g/mol. The Morgan fingerprint density at radius 3 is 2.83 bits per heavy atom. The van der Waals surface area contributed by atoms with Gasteiger partial charge >= 0.3 is 0 Å². The first kappa shape index (κ1) is 17.1. The Bertz CT molecular complexity index is 786. The van der Waals surface area contributed by atoms with E-state index in [1.54, 1.807) is 0 Å². The predicted molar refractivity (Wildman–Crippen MR) is 83.8 cm³/mol. The highest BCUT2D eigenvalue weighted by molar-refractivity contribution is 7.88. The summed E-state index contributed by atoms with van der Waals surface area (Å²) in [5.41, 5.74) is 1.92. The fourth-order valence-electron chi connectivity index (χ4n) is 1.84. The van der Waals surface area contributed by atoms with Gasteiger partial charge in [-0.05, 0) is 13.0 Å². The number of carbonyl (C=O) groups is 1. The molecule has 1 aromatic carbocycles. The molecule has 0 spiro atoms. The van der Waals surface area contributed by atoms with Crippen molar-refractivity contribution in [1.82, 2.24) is 20.2 Å². The molecule has 0 saturated carbocycles. The maximum atomic E-state index is 11.6. The Morgan fingerprint density at radius 1 is 1.35 bits per heavy atom. The van der Waals surface area contributed by atoms with Gasteiger partial charge in [-0.25, -0.2) is 13.1 Å². The van der Waals surface area contributed by atoms with Gasteiger partial charge in [0.15, 0.2) is 0 Å². The molecule has 2 rings (SSSR count). The van der Waals surface area contributed by atoms with Gasteiger partial charge in [-0.2, -0.15) is 4.98 Å². The highest BCUT2D eigenvalue weighted by Gasteiger charge is 2.10. The molecule has 2 N–H and O–H groups in total. The first-order valence-corrected chi connectivity index (χ1v) is 8.83. The molecule has 0 aliphatic heterocycles. The van der Waals surface area contributed by atoms with Crippen molar-refractivity contribution in [2.45, 2.75) is 19.9 Å². The quantitative estimate of drug-likeness (QED) is 0.764. The standard InChI is InChI=1S/C14H18N4O4S/c1-10-4-3-5-11(8-10)14-17-13(22-18-14)9-15-12(19)6-7-16-23(2,20)21/h3-5,8,16H,6-7,9H2,1-2H3,(H,15,19). The first-order chi connectivity index (χ1) is 10.8. The van der Waals surface area contributed by atoms with Gasteiger partial charge in [-0.1, -0.05) is 28.9 Å². The predicted octanol–water partition coefficient (Wildman–Crippen LogP) is 0.601. The molecule has 0 bridgehead atoms. The van der Waals surface area contributed by atoms with Crippen molar-refractivity contribution in [3.05, 3.63) is 35.7 Å². The van der Waals surface area contributed by atoms with Crippen LogP contribution in [-0.4, -0.2) is 37.3 Å². The summed E-state index contributed by atoms with van der Waals surface area (Å²) < 4.78 is 29.1. The number of nitrogens with one attached hydrogen (secondary N) is 2. The van der Waals surface area contributed by atoms with E-state index < -0.39 is 10.0 Å². The van der Waals surface area contributed by atoms with Crippen molar-refractivity contribution in [2.75, 3.05) is 12.8 Å². The molecule has 2 aromatic rings. The van der Waals surface area contributed by atoms with Gasteiger partial charge in [0.2, 0.25) is 27.6 Å². The number of hydrogen-bond acceptors (Lipinski definition) is 6. The number of carbonyl (C=O) groups excluding carboxylic acids is 1. The van der Waals surface area contributed by atoms with Crippen molar-refractivity contribution in [2.24, 2.45) is 0 Å². The molecule has 9 heteroatoms. The van der Waals surface area contributed by atoms with Gasteiger partial charge in [-0.3, -0.25) is 4.79 Å². The van der Waals surface area contributed by atoms with E-state index in [9.17, 15) is 13.2 Å². The number of aryl methyl sites for hydroxylation is 1. The summed E-state index contributed by atoms with van der Waals surface area (Å²) in [5, 5.41) is 6.46. The second-order valence-corrected chi connectivity index (χ2v) is 6.91. The summed E-state index contributed by atoms with van der Waals surface area (Å²) in [6.07, 6.45) is 1.07. The zero-order valence-corrected chi connectivity index (χ0v) is 13.7. The van der Waals surface area contributed by atoms with E-state index in [1.807, 2.05) is 31.2 Å². The van der Waals surface area contributed by atoms with E-state index in [4.69, 9.17) is 4.52 Å². The Balaban J connectivity index is 1.84. The van der Waals surface area contributed by atoms with Crippen LogP contribution in [-0.2, 0) is 21.4 Å². The summed E-state index contributed by atoms with van der Waals surface area (Å²) in [6.45, 7) is 2.11. The minimum atomic E-state index is -3.29. The lowest BCUT2D eigenvalue weighted by molar-refractivity contribution is -0.121. The molecule has 0 unspecified atom stereocenters. The molecule has 0 saturated heterocycles. The average Bonchev–Trinajstić information content (AvgIpc) is 2.93. The van der Waals surface area contributed by atoms with Crippen LogP contribution in [0.25, 0.3) is 11.4 Å². The van der Waals surface area contributed by atoms with Crippen LogP contribution in [0, 0.1) is 6.92 Å². The number of rotatable bonds is 7. The van der Waals surface area contributed by atoms with Gasteiger partial charge in [0.05, 0.1) is 12.8 Å². The van der Waals surface area contributed by atoms with E-state index >= 15 is 0 Å². The zero-order valence-electron chi connectivity index (χ0n) is 12.9. The number of aromatic nitrogens is 2. The number of amides is 1. The third-order valence-corrected chi connectivity index (χ3v) is 3.63. The molecule has 0 aliphatic rings. The van der Waals surface area contributed by atoms with Crippen molar-refractivity contribution in [3.8, 4) is 11.4 Å². The van der Waals surface area contributed by atoms with Gasteiger partial charge in [-0.15, -0.1) is 0 Å². The van der Waals surface area contributed by atoms with Crippen LogP contribution in [0.3, 0.4) is 0 Å². The average molecular weight is 338 g/mol. The van der Waals surface area contributed by atoms with Gasteiger partial charge in [0.25, 0.3) is 0 Å². The SMILES string of the molecule is Cc1cccc(-c2noc(CNC(=O)CCNS(C)(=O)=O)n2)c1. The van der Waals surface area contributed by atoms with Crippen LogP contribution in [0.5, 0.6) is 0 Å². The van der Waals surface area contributed by atoms with E-state index in [1.165, 1.54) is 0 Å². The summed E-state index contributed by atoms with van der Waals surface area (Å²) in [4.78, 5) is 15.8. The topological polar surface area (TPSA) is 114 Å². The Morgan fingerprint density at radius 2 is 2.13 bits per heavy atom. The summed E-state index contributed by atoms with van der Waals surface area (Å²) in [6, 6.07) is 7.67. The molecule has 0 radical (unpaired) electrons. The maximum absolute atomic E-state index is 11.6. The number of sulfonamides is 1. The molecule has 0 atom stereocenters. The van der Waals surface area contributed by atoms with E-state index in [0.717, 1.165) is 17.4 Å². The second kappa shape index (κ2) is 7.34. The van der Waals surface area contributed by atoms with Crippen molar-refractivity contribution < 1.29 is 17.7 Å². The van der Waals surface area contributed by atoms with Crippen LogP contribution in [0.15, 0.2) is 28.8 Å². The first-order valence-electron chi connectivity index (χ1n) is 6.94. The lowest BCUT2D eigenvalue weighted by Gasteiger charge is -2.02. The summed E-state index contributed by atoms with van der Waals surface area (Å²) in [5.74, 6) is 0.430. The smallest absolute Gasteiger partial charge is 0.246 e. The molecular weight excluding hydrogens is 320 g/mol. The fourth-order valence-corrected chi connectivity index (χ4v) is 2.31. The Kier molecular flexibility index (Phi) is 5.45. The summed E-state index contributed by atoms with van der Waals surface area (Å²) >= 11 is 0. The zero-order chi connectivity index (χ0) is 16.9. The van der Waals surface area contributed by atoms with Crippen LogP contribution in [0.2, 0.25) is 0 Å². The van der Waals surface area contributed by atoms with Crippen LogP contribution < -0.4 is 10.0 Å². The molecule has 8 nitrogen and oxygen atoms in total. The third-order valence-electron chi connectivity index (χ3n) is 2.90. The lowest BCUT2D eigenvalue weighted by Crippen LogP contribution is -2.29. The number of hydrogen-bond donors (Lipinski definition) is 2. The minimum absolute atomic E-state index is 0.0337. The molecule has 0 aliphatic carbocycles. The van der Waals surface area contributed by atoms with Gasteiger partial charge in [0.1, 0.15) is 0 Å². The molecule has 0 fully saturated rings. The molecule has 1 aromatic heterocycles. The maximum Gasteiger partial charge on any atom is 0.246 e. The number of benzene rings is 1. The number of nitrogens with zero attached hydrogens (tertiary/aromatic N) is 2. The highest BCUT2D eigenvalue weighted by atomic mass is 32.2. The van der Waals surface area contributed by atoms with E-state index in [2.05, 4.69) is 20.2 Å². The third kappa shape index (κ3) is 5.80. The van der Waals surface area contributed by atoms with Crippen LogP contribution in [0.1, 0.15) is 17.9 Å². The van der Waals surface area contributed by atoms with Crippen molar-refractivity contribution >= 4 is 15.9 Å². The summed E-state index contributed by atoms with van der Waals surface area (Å²) in [7, 11) is -3.29. The minimum Gasteiger partial charge on any atom is -0.347 e. The highest BCUT2D eigenvalue weighted by Crippen LogP contribution is 2.16. The van der Waals surface area contributed by atoms with Crippen LogP contribution in [0.4, 0.5) is 0 Å². The normalized spacial score (nSPS) is 11.4. The Labute approximate surface area is 134 Å². The molecule has 1 heterocycles. The van der Waals surface area contributed by atoms with E-state index in [-0.39, 0.29) is 31.3 Å². The fraction of sp³-hybridized carbons (Fsp3) is 0.357. The molecule has 1 amide bonds. The largest absolute Gasteiger partial charge is 0.347 e. The van der Waals surface area contributed by atoms with Gasteiger partial charge < -0.3 is 9.84 Å². The van der Waals surface area contributed by atoms with Crippen molar-refractivity contribution in [3.63, 3.8) is 0 Å². The van der Waals surface area contributed by atoms with E-state index in [0.29, 0.717) is 5.82 Å². The molecule has 23 heavy (non-hydrogen) atoms. The second-order valence-electron chi connectivity index (χ2n) is 5.07. The van der Waals surface area contributed by atoms with Gasteiger partial charge in [0, 0.05) is 18.5 Å². The van der Waals surface area contributed by atoms with Crippen molar-refractivity contribution in [1.29, 1.82) is 0 Å². The Hall–Kier alpha value is -2.26.